The third kappa shape index (κ3) is 5.33. The maximum Gasteiger partial charge on any atom is 0.222 e. The van der Waals surface area contributed by atoms with Crippen molar-refractivity contribution in [1.82, 2.24) is 4.90 Å². The van der Waals surface area contributed by atoms with Gasteiger partial charge in [0.15, 0.2) is 0 Å². The number of hydrogen-bond donors (Lipinski definition) is 1. The van der Waals surface area contributed by atoms with Crippen LogP contribution in [0.25, 0.3) is 0 Å². The van der Waals surface area contributed by atoms with Crippen LogP contribution in [0.15, 0.2) is 17.5 Å². The molecule has 17 heavy (non-hydrogen) atoms. The Bertz CT molecular complexity index is 324. The van der Waals surface area contributed by atoms with Gasteiger partial charge in [0.25, 0.3) is 0 Å². The highest BCUT2D eigenvalue weighted by atomic mass is 32.1. The zero-order chi connectivity index (χ0) is 12.7. The van der Waals surface area contributed by atoms with Gasteiger partial charge in [-0.15, -0.1) is 11.3 Å². The molecule has 3 nitrogen and oxygen atoms in total. The van der Waals surface area contributed by atoms with Crippen molar-refractivity contribution in [3.05, 3.63) is 22.4 Å². The predicted octanol–water partition coefficient (Wildman–Crippen LogP) is 2.12. The molecule has 1 aromatic rings. The van der Waals surface area contributed by atoms with Crippen molar-refractivity contribution in [1.29, 1.82) is 0 Å². The molecule has 1 aromatic heterocycles. The molecule has 96 valence electrons. The van der Waals surface area contributed by atoms with Crippen molar-refractivity contribution in [3.8, 4) is 0 Å². The third-order valence-electron chi connectivity index (χ3n) is 2.95. The summed E-state index contributed by atoms with van der Waals surface area (Å²) in [6.45, 7) is 3.54. The van der Waals surface area contributed by atoms with Crippen molar-refractivity contribution >= 4 is 17.2 Å². The molecule has 0 aliphatic heterocycles. The molecule has 4 heteroatoms. The van der Waals surface area contributed by atoms with Crippen LogP contribution in [0, 0.1) is 5.92 Å². The third-order valence-corrected chi connectivity index (χ3v) is 3.89. The van der Waals surface area contributed by atoms with Crippen LogP contribution in [0.2, 0.25) is 0 Å². The van der Waals surface area contributed by atoms with Crippen LogP contribution in [0.5, 0.6) is 0 Å². The van der Waals surface area contributed by atoms with E-state index in [0.29, 0.717) is 18.9 Å². The summed E-state index contributed by atoms with van der Waals surface area (Å²) in [6.07, 6.45) is 2.45. The van der Waals surface area contributed by atoms with Crippen molar-refractivity contribution < 1.29 is 4.79 Å². The highest BCUT2D eigenvalue weighted by molar-refractivity contribution is 7.09. The lowest BCUT2D eigenvalue weighted by Gasteiger charge is -2.17. The van der Waals surface area contributed by atoms with Gasteiger partial charge in [-0.3, -0.25) is 4.79 Å². The minimum Gasteiger partial charge on any atom is -0.345 e. The van der Waals surface area contributed by atoms with Crippen LogP contribution in [0.1, 0.15) is 24.6 Å². The van der Waals surface area contributed by atoms with E-state index in [1.54, 1.807) is 11.3 Å². The van der Waals surface area contributed by atoms with Crippen LogP contribution < -0.4 is 5.73 Å². The fourth-order valence-electron chi connectivity index (χ4n) is 1.54. The van der Waals surface area contributed by atoms with Gasteiger partial charge in [-0.2, -0.15) is 0 Å². The first-order valence-electron chi connectivity index (χ1n) is 6.10. The first kappa shape index (κ1) is 14.2. The minimum atomic E-state index is 0.224. The number of thiophene rings is 1. The summed E-state index contributed by atoms with van der Waals surface area (Å²) in [4.78, 5) is 15.0. The van der Waals surface area contributed by atoms with Crippen LogP contribution in [-0.2, 0) is 11.2 Å². The average Bonchev–Trinajstić information content (AvgIpc) is 2.85. The molecule has 0 aromatic carbocycles. The maximum absolute atomic E-state index is 11.8. The van der Waals surface area contributed by atoms with Crippen LogP contribution >= 0.6 is 11.3 Å². The van der Waals surface area contributed by atoms with Gasteiger partial charge in [-0.05, 0) is 36.8 Å². The standard InChI is InChI=1S/C13H22N2OS/c1-11(10-14)5-6-13(16)15(2)8-7-12-4-3-9-17-12/h3-4,9,11H,5-8,10,14H2,1-2H3. The second kappa shape index (κ2) is 7.45. The summed E-state index contributed by atoms with van der Waals surface area (Å²) < 4.78 is 0. The molecule has 1 heterocycles. The lowest BCUT2D eigenvalue weighted by Crippen LogP contribution is -2.29. The van der Waals surface area contributed by atoms with E-state index < -0.39 is 0 Å². The zero-order valence-corrected chi connectivity index (χ0v) is 11.5. The smallest absolute Gasteiger partial charge is 0.222 e. The number of amides is 1. The number of carbonyl (C=O) groups excluding carboxylic acids is 1. The Morgan fingerprint density at radius 2 is 2.35 bits per heavy atom. The highest BCUT2D eigenvalue weighted by Crippen LogP contribution is 2.10. The van der Waals surface area contributed by atoms with Crippen LogP contribution in [-0.4, -0.2) is 30.9 Å². The molecule has 2 N–H and O–H groups in total. The van der Waals surface area contributed by atoms with Gasteiger partial charge in [0.1, 0.15) is 0 Å². The summed E-state index contributed by atoms with van der Waals surface area (Å²) >= 11 is 1.74. The average molecular weight is 254 g/mol. The molecule has 0 fully saturated rings. The second-order valence-electron chi connectivity index (χ2n) is 4.52. The summed E-state index contributed by atoms with van der Waals surface area (Å²) in [7, 11) is 1.88. The molecular weight excluding hydrogens is 232 g/mol. The van der Waals surface area contributed by atoms with E-state index in [4.69, 9.17) is 5.73 Å². The lowest BCUT2D eigenvalue weighted by atomic mass is 10.1. The molecule has 0 saturated carbocycles. The number of carbonyl (C=O) groups is 1. The fraction of sp³-hybridized carbons (Fsp3) is 0.615. The summed E-state index contributed by atoms with van der Waals surface area (Å²) in [5.41, 5.74) is 5.53. The predicted molar refractivity (Wildman–Crippen MR) is 73.1 cm³/mol. The van der Waals surface area contributed by atoms with Gasteiger partial charge >= 0.3 is 0 Å². The molecule has 0 aliphatic carbocycles. The van der Waals surface area contributed by atoms with Gasteiger partial charge < -0.3 is 10.6 Å². The number of rotatable bonds is 7. The van der Waals surface area contributed by atoms with Gasteiger partial charge in [0.05, 0.1) is 0 Å². The molecule has 0 aliphatic rings. The van der Waals surface area contributed by atoms with Crippen molar-refractivity contribution in [2.75, 3.05) is 20.1 Å². The van der Waals surface area contributed by atoms with E-state index in [9.17, 15) is 4.79 Å². The minimum absolute atomic E-state index is 0.224. The summed E-state index contributed by atoms with van der Waals surface area (Å²) in [6, 6.07) is 4.16. The van der Waals surface area contributed by atoms with E-state index in [2.05, 4.69) is 18.4 Å². The van der Waals surface area contributed by atoms with Crippen molar-refractivity contribution in [2.24, 2.45) is 11.7 Å². The van der Waals surface area contributed by atoms with E-state index in [0.717, 1.165) is 19.4 Å². The monoisotopic (exact) mass is 254 g/mol. The number of nitrogens with two attached hydrogens (primary N) is 1. The Morgan fingerprint density at radius 3 is 2.94 bits per heavy atom. The van der Waals surface area contributed by atoms with Gasteiger partial charge in [-0.25, -0.2) is 0 Å². The van der Waals surface area contributed by atoms with E-state index >= 15 is 0 Å². The van der Waals surface area contributed by atoms with Gasteiger partial charge in [0.2, 0.25) is 5.91 Å². The topological polar surface area (TPSA) is 46.3 Å². The molecule has 0 spiro atoms. The Labute approximate surface area is 108 Å². The summed E-state index contributed by atoms with van der Waals surface area (Å²) in [5, 5.41) is 2.07. The van der Waals surface area contributed by atoms with Crippen molar-refractivity contribution in [2.45, 2.75) is 26.2 Å². The summed E-state index contributed by atoms with van der Waals surface area (Å²) in [5.74, 6) is 0.659. The van der Waals surface area contributed by atoms with E-state index in [-0.39, 0.29) is 5.91 Å². The SMILES string of the molecule is CC(CN)CCC(=O)N(C)CCc1cccs1. The molecule has 1 unspecified atom stereocenters. The first-order valence-corrected chi connectivity index (χ1v) is 6.98. The molecule has 1 atom stereocenters. The zero-order valence-electron chi connectivity index (χ0n) is 10.7. The Morgan fingerprint density at radius 1 is 1.59 bits per heavy atom. The second-order valence-corrected chi connectivity index (χ2v) is 5.56. The van der Waals surface area contributed by atoms with E-state index in [1.807, 2.05) is 18.0 Å². The number of nitrogens with zero attached hydrogens (tertiary/aromatic N) is 1. The Balaban J connectivity index is 2.22. The van der Waals surface area contributed by atoms with E-state index in [1.165, 1.54) is 4.88 Å². The molecular formula is C13H22N2OS. The molecule has 0 radical (unpaired) electrons. The Hall–Kier alpha value is -0.870. The number of hydrogen-bond acceptors (Lipinski definition) is 3. The van der Waals surface area contributed by atoms with Gasteiger partial charge in [-0.1, -0.05) is 13.0 Å². The normalized spacial score (nSPS) is 12.4. The molecule has 1 rings (SSSR count). The largest absolute Gasteiger partial charge is 0.345 e. The van der Waals surface area contributed by atoms with Crippen LogP contribution in [0.3, 0.4) is 0 Å². The lowest BCUT2D eigenvalue weighted by molar-refractivity contribution is -0.130. The van der Waals surface area contributed by atoms with Gasteiger partial charge in [0, 0.05) is 24.9 Å². The molecule has 0 saturated heterocycles. The van der Waals surface area contributed by atoms with Crippen LogP contribution in [0.4, 0.5) is 0 Å². The molecule has 1 amide bonds. The maximum atomic E-state index is 11.8. The Kier molecular flexibility index (Phi) is 6.22. The number of likely N-dealkylation sites (N-methyl/N-ethyl adjacent to an activating group) is 1. The fourth-order valence-corrected chi connectivity index (χ4v) is 2.23. The first-order chi connectivity index (χ1) is 8.13. The highest BCUT2D eigenvalue weighted by Gasteiger charge is 2.10. The molecule has 0 bridgehead atoms. The van der Waals surface area contributed by atoms with Crippen molar-refractivity contribution in [3.63, 3.8) is 0 Å². The quantitative estimate of drug-likeness (QED) is 0.810.